The molecule has 1 N–H and O–H groups in total. The van der Waals surface area contributed by atoms with Crippen LogP contribution >= 0.6 is 11.6 Å². The zero-order valence-corrected chi connectivity index (χ0v) is 19.9. The fraction of sp³-hybridized carbons (Fsp3) is 0.333. The summed E-state index contributed by atoms with van der Waals surface area (Å²) in [7, 11) is 2.09. The Labute approximate surface area is 201 Å². The summed E-state index contributed by atoms with van der Waals surface area (Å²) in [6.07, 6.45) is 1.35. The lowest BCUT2D eigenvalue weighted by Gasteiger charge is -2.40. The number of nitrogens with zero attached hydrogens (tertiary/aromatic N) is 5. The Morgan fingerprint density at radius 1 is 1.18 bits per heavy atom. The molecule has 8 nitrogen and oxygen atoms in total. The van der Waals surface area contributed by atoms with Gasteiger partial charge in [0, 0.05) is 43.3 Å². The number of benzene rings is 2. The van der Waals surface area contributed by atoms with Gasteiger partial charge in [-0.15, -0.1) is 0 Å². The predicted molar refractivity (Wildman–Crippen MR) is 131 cm³/mol. The zero-order chi connectivity index (χ0) is 24.5. The van der Waals surface area contributed by atoms with E-state index >= 15 is 0 Å². The van der Waals surface area contributed by atoms with Gasteiger partial charge in [0.25, 0.3) is 5.69 Å². The van der Waals surface area contributed by atoms with Gasteiger partial charge in [0.15, 0.2) is 0 Å². The molecule has 176 valence electrons. The fourth-order valence-electron chi connectivity index (χ4n) is 3.82. The van der Waals surface area contributed by atoms with E-state index in [0.29, 0.717) is 22.4 Å². The number of nitro groups is 1. The number of piperazine rings is 1. The van der Waals surface area contributed by atoms with Gasteiger partial charge in [-0.3, -0.25) is 15.0 Å². The van der Waals surface area contributed by atoms with Crippen LogP contribution < -0.4 is 5.32 Å². The standard InChI is InChI=1S/C24H24ClFN6O2/c1-24(2,31-10-8-30(3)9-11-31)7-6-16-12-21-18(14-22(16)32(33)34)23(28-15-27-21)29-17-4-5-20(26)19(25)13-17/h4-5,12-15H,8-11H2,1-3H3,(H,27,28,29). The van der Waals surface area contributed by atoms with Crippen molar-refractivity contribution in [3.05, 3.63) is 63.2 Å². The van der Waals surface area contributed by atoms with Gasteiger partial charge in [-0.1, -0.05) is 23.4 Å². The molecule has 1 fully saturated rings. The van der Waals surface area contributed by atoms with Crippen molar-refractivity contribution in [2.75, 3.05) is 38.5 Å². The van der Waals surface area contributed by atoms with Crippen LogP contribution in [0.1, 0.15) is 19.4 Å². The monoisotopic (exact) mass is 482 g/mol. The molecule has 2 heterocycles. The molecule has 1 saturated heterocycles. The molecule has 0 amide bonds. The summed E-state index contributed by atoms with van der Waals surface area (Å²) >= 11 is 5.86. The molecule has 0 unspecified atom stereocenters. The smallest absolute Gasteiger partial charge is 0.285 e. The van der Waals surface area contributed by atoms with Crippen molar-refractivity contribution < 1.29 is 9.31 Å². The van der Waals surface area contributed by atoms with Crippen molar-refractivity contribution in [1.82, 2.24) is 19.8 Å². The highest BCUT2D eigenvalue weighted by molar-refractivity contribution is 6.31. The second kappa shape index (κ2) is 9.50. The summed E-state index contributed by atoms with van der Waals surface area (Å²) in [4.78, 5) is 24.5. The summed E-state index contributed by atoms with van der Waals surface area (Å²) in [5.41, 5.74) is 0.702. The largest absolute Gasteiger partial charge is 0.340 e. The molecule has 10 heteroatoms. The van der Waals surface area contributed by atoms with Crippen LogP contribution in [0.2, 0.25) is 5.02 Å². The van der Waals surface area contributed by atoms with Crippen molar-refractivity contribution in [3.8, 4) is 11.8 Å². The van der Waals surface area contributed by atoms with E-state index in [1.54, 1.807) is 6.07 Å². The van der Waals surface area contributed by atoms with Gasteiger partial charge in [-0.2, -0.15) is 0 Å². The van der Waals surface area contributed by atoms with Gasteiger partial charge in [-0.05, 0) is 45.2 Å². The van der Waals surface area contributed by atoms with Crippen molar-refractivity contribution in [3.63, 3.8) is 0 Å². The second-order valence-electron chi connectivity index (χ2n) is 8.72. The van der Waals surface area contributed by atoms with E-state index in [4.69, 9.17) is 11.6 Å². The van der Waals surface area contributed by atoms with Crippen LogP contribution in [-0.4, -0.2) is 63.5 Å². The van der Waals surface area contributed by atoms with Crippen LogP contribution in [0, 0.1) is 27.8 Å². The number of hydrogen-bond acceptors (Lipinski definition) is 7. The minimum absolute atomic E-state index is 0.0464. The van der Waals surface area contributed by atoms with Gasteiger partial charge in [0.1, 0.15) is 23.5 Å². The molecule has 34 heavy (non-hydrogen) atoms. The molecule has 0 atom stereocenters. The Balaban J connectivity index is 1.71. The van der Waals surface area contributed by atoms with E-state index in [2.05, 4.69) is 44.0 Å². The number of likely N-dealkylation sites (N-methyl/N-ethyl adjacent to an activating group) is 1. The van der Waals surface area contributed by atoms with Crippen molar-refractivity contribution in [2.24, 2.45) is 0 Å². The van der Waals surface area contributed by atoms with Crippen LogP contribution in [0.25, 0.3) is 10.9 Å². The molecule has 2 aromatic carbocycles. The highest BCUT2D eigenvalue weighted by atomic mass is 35.5. The molecule has 1 aliphatic rings. The molecule has 1 aliphatic heterocycles. The summed E-state index contributed by atoms with van der Waals surface area (Å²) in [5.74, 6) is 6.06. The molecule has 4 rings (SSSR count). The van der Waals surface area contributed by atoms with Crippen LogP contribution in [0.4, 0.5) is 21.6 Å². The average molecular weight is 483 g/mol. The molecule has 3 aromatic rings. The number of rotatable bonds is 4. The number of nitro benzene ring substituents is 1. The van der Waals surface area contributed by atoms with Gasteiger partial charge < -0.3 is 10.2 Å². The maximum atomic E-state index is 13.5. The Morgan fingerprint density at radius 3 is 2.59 bits per heavy atom. The Bertz CT molecular complexity index is 1310. The number of hydrogen-bond donors (Lipinski definition) is 1. The number of fused-ring (bicyclic) bond motifs is 1. The molecule has 0 aliphatic carbocycles. The van der Waals surface area contributed by atoms with Crippen molar-refractivity contribution in [2.45, 2.75) is 19.4 Å². The summed E-state index contributed by atoms with van der Waals surface area (Å²) < 4.78 is 13.5. The van der Waals surface area contributed by atoms with Gasteiger partial charge in [-0.25, -0.2) is 14.4 Å². The third-order valence-corrected chi connectivity index (χ3v) is 6.22. The second-order valence-corrected chi connectivity index (χ2v) is 9.13. The van der Waals surface area contributed by atoms with Crippen LogP contribution in [-0.2, 0) is 0 Å². The molecular formula is C24H24ClFN6O2. The first-order valence-electron chi connectivity index (χ1n) is 10.8. The quantitative estimate of drug-likeness (QED) is 0.334. The van der Waals surface area contributed by atoms with Crippen LogP contribution in [0.5, 0.6) is 0 Å². The lowest BCUT2D eigenvalue weighted by atomic mass is 10.0. The summed E-state index contributed by atoms with van der Waals surface area (Å²) in [5, 5.41) is 15.3. The molecule has 0 bridgehead atoms. The maximum absolute atomic E-state index is 13.5. The van der Waals surface area contributed by atoms with Gasteiger partial charge >= 0.3 is 0 Å². The van der Waals surface area contributed by atoms with Crippen LogP contribution in [0.15, 0.2) is 36.7 Å². The molecule has 0 radical (unpaired) electrons. The number of halogens is 2. The van der Waals surface area contributed by atoms with Gasteiger partial charge in [0.05, 0.1) is 21.0 Å². The highest BCUT2D eigenvalue weighted by Crippen LogP contribution is 2.31. The Hall–Kier alpha value is -3.32. The molecule has 1 aromatic heterocycles. The Kier molecular flexibility index (Phi) is 6.66. The minimum atomic E-state index is -0.543. The number of anilines is 2. The van der Waals surface area contributed by atoms with Gasteiger partial charge in [0.2, 0.25) is 0 Å². The van der Waals surface area contributed by atoms with E-state index < -0.39 is 16.3 Å². The van der Waals surface area contributed by atoms with Crippen molar-refractivity contribution >= 4 is 39.7 Å². The third kappa shape index (κ3) is 5.09. The van der Waals surface area contributed by atoms with E-state index in [1.807, 2.05) is 13.8 Å². The summed E-state index contributed by atoms with van der Waals surface area (Å²) in [6.45, 7) is 7.72. The normalized spacial score (nSPS) is 15.1. The van der Waals surface area contributed by atoms with E-state index in [9.17, 15) is 14.5 Å². The number of aromatic nitrogens is 2. The fourth-order valence-corrected chi connectivity index (χ4v) is 4.00. The highest BCUT2D eigenvalue weighted by Gasteiger charge is 2.27. The van der Waals surface area contributed by atoms with E-state index in [0.717, 1.165) is 26.2 Å². The lowest BCUT2D eigenvalue weighted by molar-refractivity contribution is -0.385. The molecular weight excluding hydrogens is 459 g/mol. The molecule has 0 saturated carbocycles. The first-order chi connectivity index (χ1) is 16.1. The number of nitrogens with one attached hydrogen (secondary N) is 1. The Morgan fingerprint density at radius 2 is 1.91 bits per heavy atom. The maximum Gasteiger partial charge on any atom is 0.285 e. The molecule has 0 spiro atoms. The van der Waals surface area contributed by atoms with E-state index in [-0.39, 0.29) is 16.3 Å². The third-order valence-electron chi connectivity index (χ3n) is 5.93. The summed E-state index contributed by atoms with van der Waals surface area (Å²) in [6, 6.07) is 7.16. The topological polar surface area (TPSA) is 87.4 Å². The first kappa shape index (κ1) is 23.8. The van der Waals surface area contributed by atoms with Crippen LogP contribution in [0.3, 0.4) is 0 Å². The predicted octanol–water partition coefficient (Wildman–Crippen LogP) is 4.45. The van der Waals surface area contributed by atoms with Crippen molar-refractivity contribution in [1.29, 1.82) is 0 Å². The lowest BCUT2D eigenvalue weighted by Crippen LogP contribution is -2.53. The minimum Gasteiger partial charge on any atom is -0.340 e. The average Bonchev–Trinajstić information content (AvgIpc) is 2.80. The zero-order valence-electron chi connectivity index (χ0n) is 19.1. The SMILES string of the molecule is CN1CCN(C(C)(C)C#Cc2cc3ncnc(Nc4ccc(F)c(Cl)c4)c3cc2[N+](=O)[O-])CC1. The van der Waals surface area contributed by atoms with E-state index in [1.165, 1.54) is 30.6 Å². The first-order valence-corrected chi connectivity index (χ1v) is 11.1.